The second-order valence-electron chi connectivity index (χ2n) is 6.16. The molecule has 10 heteroatoms. The van der Waals surface area contributed by atoms with E-state index in [1.54, 1.807) is 6.07 Å². The van der Waals surface area contributed by atoms with Gasteiger partial charge in [0.15, 0.2) is 0 Å². The van der Waals surface area contributed by atoms with Crippen molar-refractivity contribution in [3.63, 3.8) is 0 Å². The molecular weight excluding hydrogens is 386 g/mol. The first-order valence-electron chi connectivity index (χ1n) is 8.98. The zero-order chi connectivity index (χ0) is 19.3. The molecule has 1 aliphatic rings. The molecule has 3 heterocycles. The number of thiophene rings is 1. The van der Waals surface area contributed by atoms with Crippen molar-refractivity contribution in [3.8, 4) is 0 Å². The lowest BCUT2D eigenvalue weighted by molar-refractivity contribution is 0.122. The number of morpholine rings is 1. The van der Waals surface area contributed by atoms with Crippen LogP contribution in [0.3, 0.4) is 0 Å². The Morgan fingerprint density at radius 2 is 2.00 bits per heavy atom. The SMILES string of the molecule is CCc1ccc(S(=O)(=O)NCCNc2cc(N3CCOCC3)nc(C)n2)s1. The van der Waals surface area contributed by atoms with Crippen molar-refractivity contribution >= 4 is 33.0 Å². The standard InChI is InChI=1S/C17H25N5O3S2/c1-3-14-4-5-17(26-14)27(23,24)19-7-6-18-15-12-16(21-13(2)20-15)22-8-10-25-11-9-22/h4-5,12,19H,3,6-11H2,1-2H3,(H,18,20,21). The summed E-state index contributed by atoms with van der Waals surface area (Å²) >= 11 is 1.31. The Hall–Kier alpha value is -1.75. The van der Waals surface area contributed by atoms with Gasteiger partial charge in [-0.25, -0.2) is 23.1 Å². The maximum atomic E-state index is 12.3. The molecule has 2 aromatic rings. The molecule has 148 valence electrons. The van der Waals surface area contributed by atoms with E-state index >= 15 is 0 Å². The molecule has 0 atom stereocenters. The second-order valence-corrected chi connectivity index (χ2v) is 9.32. The Bertz CT molecular complexity index is 863. The fourth-order valence-electron chi connectivity index (χ4n) is 2.74. The Labute approximate surface area is 164 Å². The summed E-state index contributed by atoms with van der Waals surface area (Å²) in [6.45, 7) is 7.55. The summed E-state index contributed by atoms with van der Waals surface area (Å²) in [5, 5.41) is 3.17. The van der Waals surface area contributed by atoms with E-state index in [1.807, 2.05) is 26.0 Å². The van der Waals surface area contributed by atoms with Crippen molar-refractivity contribution in [2.24, 2.45) is 0 Å². The number of sulfonamides is 1. The molecule has 0 amide bonds. The summed E-state index contributed by atoms with van der Waals surface area (Å²) < 4.78 is 33.0. The number of ether oxygens (including phenoxy) is 1. The van der Waals surface area contributed by atoms with Crippen LogP contribution in [-0.2, 0) is 21.2 Å². The molecule has 0 aromatic carbocycles. The third kappa shape index (κ3) is 5.38. The minimum Gasteiger partial charge on any atom is -0.378 e. The highest BCUT2D eigenvalue weighted by molar-refractivity contribution is 7.91. The van der Waals surface area contributed by atoms with Gasteiger partial charge in [-0.05, 0) is 25.5 Å². The number of anilines is 2. The first-order chi connectivity index (χ1) is 13.0. The smallest absolute Gasteiger partial charge is 0.250 e. The van der Waals surface area contributed by atoms with Crippen LogP contribution in [0.25, 0.3) is 0 Å². The highest BCUT2D eigenvalue weighted by atomic mass is 32.2. The van der Waals surface area contributed by atoms with Crippen LogP contribution in [0.4, 0.5) is 11.6 Å². The summed E-state index contributed by atoms with van der Waals surface area (Å²) in [5.74, 6) is 2.22. The van der Waals surface area contributed by atoms with Crippen molar-refractivity contribution in [2.75, 3.05) is 49.6 Å². The van der Waals surface area contributed by atoms with E-state index in [-0.39, 0.29) is 6.54 Å². The normalized spacial score (nSPS) is 15.1. The van der Waals surface area contributed by atoms with E-state index in [9.17, 15) is 8.42 Å². The first-order valence-corrected chi connectivity index (χ1v) is 11.3. The van der Waals surface area contributed by atoms with Crippen LogP contribution in [0, 0.1) is 6.92 Å². The third-order valence-electron chi connectivity index (χ3n) is 4.13. The van der Waals surface area contributed by atoms with Gasteiger partial charge in [0, 0.05) is 37.1 Å². The monoisotopic (exact) mass is 411 g/mol. The average Bonchev–Trinajstić information content (AvgIpc) is 3.16. The van der Waals surface area contributed by atoms with Crippen LogP contribution in [0.5, 0.6) is 0 Å². The first kappa shape index (κ1) is 20.0. The summed E-state index contributed by atoms with van der Waals surface area (Å²) in [5.41, 5.74) is 0. The number of nitrogens with one attached hydrogen (secondary N) is 2. The van der Waals surface area contributed by atoms with Gasteiger partial charge in [0.05, 0.1) is 13.2 Å². The van der Waals surface area contributed by atoms with Crippen LogP contribution in [-0.4, -0.2) is 57.8 Å². The fourth-order valence-corrected chi connectivity index (χ4v) is 5.11. The largest absolute Gasteiger partial charge is 0.378 e. The topological polar surface area (TPSA) is 96.5 Å². The molecule has 1 aliphatic heterocycles. The van der Waals surface area contributed by atoms with Gasteiger partial charge in [-0.1, -0.05) is 6.92 Å². The molecule has 8 nitrogen and oxygen atoms in total. The molecule has 0 radical (unpaired) electrons. The molecule has 1 saturated heterocycles. The Kier molecular flexibility index (Phi) is 6.64. The highest BCUT2D eigenvalue weighted by Crippen LogP contribution is 2.21. The third-order valence-corrected chi connectivity index (χ3v) is 7.32. The van der Waals surface area contributed by atoms with Gasteiger partial charge in [-0.2, -0.15) is 0 Å². The van der Waals surface area contributed by atoms with E-state index < -0.39 is 10.0 Å². The van der Waals surface area contributed by atoms with Gasteiger partial charge in [0.25, 0.3) is 0 Å². The van der Waals surface area contributed by atoms with Gasteiger partial charge in [-0.15, -0.1) is 11.3 Å². The van der Waals surface area contributed by atoms with Gasteiger partial charge < -0.3 is 15.0 Å². The molecule has 0 saturated carbocycles. The van der Waals surface area contributed by atoms with Gasteiger partial charge >= 0.3 is 0 Å². The molecule has 0 aliphatic carbocycles. The maximum absolute atomic E-state index is 12.3. The van der Waals surface area contributed by atoms with Crippen LogP contribution >= 0.6 is 11.3 Å². The van der Waals surface area contributed by atoms with Crippen molar-refractivity contribution in [3.05, 3.63) is 28.9 Å². The summed E-state index contributed by atoms with van der Waals surface area (Å²) in [6, 6.07) is 5.40. The lowest BCUT2D eigenvalue weighted by atomic mass is 10.4. The predicted octanol–water partition coefficient (Wildman–Crippen LogP) is 1.64. The number of aryl methyl sites for hydroxylation is 2. The van der Waals surface area contributed by atoms with Crippen LogP contribution < -0.4 is 14.9 Å². The van der Waals surface area contributed by atoms with E-state index in [4.69, 9.17) is 4.74 Å². The van der Waals surface area contributed by atoms with Crippen molar-refractivity contribution in [1.29, 1.82) is 0 Å². The zero-order valence-electron chi connectivity index (χ0n) is 15.6. The molecule has 3 rings (SSSR count). The summed E-state index contributed by atoms with van der Waals surface area (Å²) in [7, 11) is -3.46. The minimum absolute atomic E-state index is 0.275. The van der Waals surface area contributed by atoms with Gasteiger partial charge in [0.1, 0.15) is 21.7 Å². The minimum atomic E-state index is -3.46. The second kappa shape index (κ2) is 8.96. The van der Waals surface area contributed by atoms with Crippen molar-refractivity contribution in [1.82, 2.24) is 14.7 Å². The summed E-state index contributed by atoms with van der Waals surface area (Å²) in [6.07, 6.45) is 0.834. The Morgan fingerprint density at radius 3 is 2.70 bits per heavy atom. The Balaban J connectivity index is 1.54. The van der Waals surface area contributed by atoms with E-state index in [0.29, 0.717) is 35.6 Å². The quantitative estimate of drug-likeness (QED) is 0.638. The van der Waals surface area contributed by atoms with E-state index in [2.05, 4.69) is 24.9 Å². The molecule has 0 spiro atoms. The molecular formula is C17H25N5O3S2. The number of rotatable bonds is 8. The maximum Gasteiger partial charge on any atom is 0.250 e. The lowest BCUT2D eigenvalue weighted by Crippen LogP contribution is -2.37. The number of hydrogen-bond acceptors (Lipinski definition) is 8. The number of nitrogens with zero attached hydrogens (tertiary/aromatic N) is 3. The fraction of sp³-hybridized carbons (Fsp3) is 0.529. The van der Waals surface area contributed by atoms with E-state index in [1.165, 1.54) is 11.3 Å². The average molecular weight is 412 g/mol. The van der Waals surface area contributed by atoms with Crippen LogP contribution in [0.2, 0.25) is 0 Å². The highest BCUT2D eigenvalue weighted by Gasteiger charge is 2.16. The molecule has 27 heavy (non-hydrogen) atoms. The van der Waals surface area contributed by atoms with E-state index in [0.717, 1.165) is 30.2 Å². The van der Waals surface area contributed by atoms with Crippen LogP contribution in [0.15, 0.2) is 22.4 Å². The molecule has 2 aromatic heterocycles. The molecule has 2 N–H and O–H groups in total. The Morgan fingerprint density at radius 1 is 1.22 bits per heavy atom. The summed E-state index contributed by atoms with van der Waals surface area (Å²) in [4.78, 5) is 12.1. The lowest BCUT2D eigenvalue weighted by Gasteiger charge is -2.28. The zero-order valence-corrected chi connectivity index (χ0v) is 17.2. The van der Waals surface area contributed by atoms with Crippen molar-refractivity contribution in [2.45, 2.75) is 24.5 Å². The van der Waals surface area contributed by atoms with Gasteiger partial charge in [0.2, 0.25) is 10.0 Å². The van der Waals surface area contributed by atoms with Gasteiger partial charge in [-0.3, -0.25) is 0 Å². The predicted molar refractivity (Wildman–Crippen MR) is 107 cm³/mol. The van der Waals surface area contributed by atoms with Crippen LogP contribution in [0.1, 0.15) is 17.6 Å². The molecule has 1 fully saturated rings. The number of hydrogen-bond donors (Lipinski definition) is 2. The van der Waals surface area contributed by atoms with Crippen molar-refractivity contribution < 1.29 is 13.2 Å². The molecule has 0 unspecified atom stereocenters. The number of aromatic nitrogens is 2. The molecule has 0 bridgehead atoms.